The van der Waals surface area contributed by atoms with Gasteiger partial charge in [0.25, 0.3) is 0 Å². The Bertz CT molecular complexity index is 1460. The minimum Gasteiger partial charge on any atom is -0.493 e. The van der Waals surface area contributed by atoms with E-state index in [0.717, 1.165) is 4.57 Å². The summed E-state index contributed by atoms with van der Waals surface area (Å²) >= 11 is 7.59. The average molecular weight is 597 g/mol. The van der Waals surface area contributed by atoms with Crippen LogP contribution in [0.25, 0.3) is 5.69 Å². The predicted molar refractivity (Wildman–Crippen MR) is 140 cm³/mol. The van der Waals surface area contributed by atoms with Crippen molar-refractivity contribution in [3.8, 4) is 17.2 Å². The van der Waals surface area contributed by atoms with E-state index in [0.29, 0.717) is 27.6 Å². The van der Waals surface area contributed by atoms with Crippen LogP contribution in [-0.2, 0) is 15.8 Å². The van der Waals surface area contributed by atoms with Crippen molar-refractivity contribution in [1.82, 2.24) is 19.7 Å². The zero-order valence-electron chi connectivity index (χ0n) is 21.3. The molecule has 0 spiro atoms. The van der Waals surface area contributed by atoms with Crippen LogP contribution in [0.5, 0.6) is 11.5 Å². The number of carbonyl (C=O) groups is 2. The number of ether oxygens (including phenoxy) is 2. The molecule has 0 bridgehead atoms. The van der Waals surface area contributed by atoms with Gasteiger partial charge in [-0.3, -0.25) is 14.2 Å². The maximum Gasteiger partial charge on any atom is 0.452 e. The molecule has 1 saturated heterocycles. The topological polar surface area (TPSA) is 107 Å². The Kier molecular flexibility index (Phi) is 7.62. The van der Waals surface area contributed by atoms with Crippen molar-refractivity contribution >= 4 is 35.2 Å². The van der Waals surface area contributed by atoms with Crippen LogP contribution in [0.3, 0.4) is 0 Å². The van der Waals surface area contributed by atoms with E-state index in [1.807, 2.05) is 0 Å². The Hall–Kier alpha value is -3.45. The van der Waals surface area contributed by atoms with E-state index < -0.39 is 28.5 Å². The first-order valence-corrected chi connectivity index (χ1v) is 13.5. The minimum absolute atomic E-state index is 0.0266. The molecule has 14 heteroatoms. The third-order valence-electron chi connectivity index (χ3n) is 6.89. The van der Waals surface area contributed by atoms with Gasteiger partial charge < -0.3 is 19.5 Å². The number of rotatable bonds is 7. The first-order chi connectivity index (χ1) is 19.0. The van der Waals surface area contributed by atoms with E-state index in [2.05, 4.69) is 10.2 Å². The molecule has 0 radical (unpaired) electrons. The van der Waals surface area contributed by atoms with Crippen LogP contribution in [0.4, 0.5) is 13.2 Å². The molecule has 5 rings (SSSR count). The number of carboxylic acids is 1. The lowest BCUT2D eigenvalue weighted by Crippen LogP contribution is -2.50. The van der Waals surface area contributed by atoms with E-state index in [-0.39, 0.29) is 49.3 Å². The summed E-state index contributed by atoms with van der Waals surface area (Å²) in [5.41, 5.74) is 1.25. The number of para-hydroxylation sites is 1. The summed E-state index contributed by atoms with van der Waals surface area (Å²) in [4.78, 5) is 25.8. The zero-order valence-corrected chi connectivity index (χ0v) is 22.9. The highest BCUT2D eigenvalue weighted by Crippen LogP contribution is 2.54. The number of benzene rings is 2. The SMILES string of the molecule is COc1cccc([C@H]2S[C@H](CC(=O)N3CC(CC(=O)O)C3)c3nnc(C(F)(F)F)n3-c3ccc(Cl)cc32)c1OC. The van der Waals surface area contributed by atoms with Crippen molar-refractivity contribution < 1.29 is 37.3 Å². The zero-order chi connectivity index (χ0) is 28.8. The summed E-state index contributed by atoms with van der Waals surface area (Å²) in [5.74, 6) is -1.84. The number of fused-ring (bicyclic) bond motifs is 3. The van der Waals surface area contributed by atoms with Gasteiger partial charge in [0.2, 0.25) is 11.7 Å². The summed E-state index contributed by atoms with van der Waals surface area (Å²) in [7, 11) is 2.95. The first kappa shape index (κ1) is 28.1. The largest absolute Gasteiger partial charge is 0.493 e. The van der Waals surface area contributed by atoms with Gasteiger partial charge in [-0.15, -0.1) is 22.0 Å². The first-order valence-electron chi connectivity index (χ1n) is 12.2. The average Bonchev–Trinajstić information content (AvgIpc) is 3.28. The van der Waals surface area contributed by atoms with Crippen molar-refractivity contribution in [3.05, 3.63) is 64.2 Å². The number of nitrogens with zero attached hydrogens (tertiary/aromatic N) is 4. The second kappa shape index (κ2) is 10.8. The number of hydrogen-bond acceptors (Lipinski definition) is 7. The van der Waals surface area contributed by atoms with Crippen LogP contribution in [0.1, 0.15) is 46.1 Å². The van der Waals surface area contributed by atoms with E-state index >= 15 is 0 Å². The van der Waals surface area contributed by atoms with Gasteiger partial charge in [-0.1, -0.05) is 23.7 Å². The van der Waals surface area contributed by atoms with Crippen molar-refractivity contribution in [2.75, 3.05) is 27.3 Å². The molecule has 0 saturated carbocycles. The molecular weight excluding hydrogens is 573 g/mol. The lowest BCUT2D eigenvalue weighted by Gasteiger charge is -2.39. The van der Waals surface area contributed by atoms with Crippen LogP contribution in [0.15, 0.2) is 36.4 Å². The fraction of sp³-hybridized carbons (Fsp3) is 0.385. The van der Waals surface area contributed by atoms with Gasteiger partial charge in [0.05, 0.1) is 36.8 Å². The van der Waals surface area contributed by atoms with Gasteiger partial charge >= 0.3 is 12.1 Å². The number of carbonyl (C=O) groups excluding carboxylic acids is 1. The molecule has 40 heavy (non-hydrogen) atoms. The second-order valence-electron chi connectivity index (χ2n) is 9.47. The molecule has 2 aliphatic rings. The summed E-state index contributed by atoms with van der Waals surface area (Å²) in [6.07, 6.45) is -5.06. The quantitative estimate of drug-likeness (QED) is 0.399. The van der Waals surface area contributed by atoms with Crippen LogP contribution in [0.2, 0.25) is 5.02 Å². The number of thioether (sulfide) groups is 1. The molecule has 3 aromatic rings. The molecule has 2 aromatic carbocycles. The second-order valence-corrected chi connectivity index (χ2v) is 11.2. The van der Waals surface area contributed by atoms with Crippen LogP contribution in [0, 0.1) is 5.92 Å². The molecule has 1 aromatic heterocycles. The third kappa shape index (κ3) is 5.19. The highest BCUT2D eigenvalue weighted by atomic mass is 35.5. The molecule has 1 amide bonds. The van der Waals surface area contributed by atoms with Gasteiger partial charge in [0, 0.05) is 36.0 Å². The molecule has 2 aliphatic heterocycles. The monoisotopic (exact) mass is 596 g/mol. The lowest BCUT2D eigenvalue weighted by molar-refractivity contribution is -0.146. The molecule has 1 N–H and O–H groups in total. The Morgan fingerprint density at radius 1 is 1.10 bits per heavy atom. The van der Waals surface area contributed by atoms with Gasteiger partial charge in [-0.05, 0) is 29.8 Å². The van der Waals surface area contributed by atoms with Crippen LogP contribution in [-0.4, -0.2) is 64.0 Å². The van der Waals surface area contributed by atoms with Gasteiger partial charge in [-0.2, -0.15) is 13.2 Å². The van der Waals surface area contributed by atoms with E-state index in [1.165, 1.54) is 43.0 Å². The van der Waals surface area contributed by atoms with E-state index in [1.54, 1.807) is 24.3 Å². The normalized spacial score (nSPS) is 18.8. The van der Waals surface area contributed by atoms with Crippen LogP contribution < -0.4 is 9.47 Å². The molecule has 212 valence electrons. The summed E-state index contributed by atoms with van der Waals surface area (Å²) in [6, 6.07) is 9.80. The number of alkyl halides is 3. The molecule has 2 atom stereocenters. The molecule has 1 fully saturated rings. The highest BCUT2D eigenvalue weighted by Gasteiger charge is 2.44. The Morgan fingerprint density at radius 3 is 2.50 bits per heavy atom. The van der Waals surface area contributed by atoms with E-state index in [4.69, 9.17) is 26.2 Å². The number of hydrogen-bond donors (Lipinski definition) is 1. The molecule has 3 heterocycles. The number of aromatic nitrogens is 3. The van der Waals surface area contributed by atoms with Crippen molar-refractivity contribution in [2.45, 2.75) is 29.5 Å². The fourth-order valence-corrected chi connectivity index (χ4v) is 6.79. The van der Waals surface area contributed by atoms with Crippen molar-refractivity contribution in [2.24, 2.45) is 5.92 Å². The van der Waals surface area contributed by atoms with Gasteiger partial charge in [0.15, 0.2) is 17.3 Å². The minimum atomic E-state index is -4.82. The number of carboxylic acid groups (broad SMARTS) is 1. The summed E-state index contributed by atoms with van der Waals surface area (Å²) < 4.78 is 54.6. The molecule has 0 unspecified atom stereocenters. The molecule has 0 aliphatic carbocycles. The maximum absolute atomic E-state index is 14.2. The summed E-state index contributed by atoms with van der Waals surface area (Å²) in [6.45, 7) is 0.540. The van der Waals surface area contributed by atoms with Crippen LogP contribution >= 0.6 is 23.4 Å². The smallest absolute Gasteiger partial charge is 0.452 e. The number of halogens is 4. The highest BCUT2D eigenvalue weighted by molar-refractivity contribution is 8.00. The lowest BCUT2D eigenvalue weighted by atomic mass is 9.96. The predicted octanol–water partition coefficient (Wildman–Crippen LogP) is 5.16. The number of amides is 1. The Morgan fingerprint density at radius 2 is 1.85 bits per heavy atom. The molecule has 9 nitrogen and oxygen atoms in total. The van der Waals surface area contributed by atoms with Crippen molar-refractivity contribution in [1.29, 1.82) is 0 Å². The van der Waals surface area contributed by atoms with E-state index in [9.17, 15) is 22.8 Å². The maximum atomic E-state index is 14.2. The van der Waals surface area contributed by atoms with Gasteiger partial charge in [0.1, 0.15) is 0 Å². The third-order valence-corrected chi connectivity index (χ3v) is 8.61. The summed E-state index contributed by atoms with van der Waals surface area (Å²) in [5, 5.41) is 15.3. The van der Waals surface area contributed by atoms with Gasteiger partial charge in [-0.25, -0.2) is 0 Å². The number of likely N-dealkylation sites (tertiary alicyclic amines) is 1. The Labute approximate surface area is 236 Å². The standard InChI is InChI=1S/C26H24ClF3N4O5S/c1-38-18-5-3-4-15(22(18)39-2)23-16-9-14(27)6-7-17(16)34-24(31-32-25(34)26(28,29)30)19(40-23)10-20(35)33-11-13(12-33)8-21(36)37/h3-7,9,13,19,23H,8,10-12H2,1-2H3,(H,36,37)/t19-,23-/m1/s1. The van der Waals surface area contributed by atoms with Crippen molar-refractivity contribution in [3.63, 3.8) is 0 Å². The Balaban J connectivity index is 1.62. The fourth-order valence-electron chi connectivity index (χ4n) is 5.10. The molecular formula is C26H24ClF3N4O5S. The number of methoxy groups -OCH3 is 2. The number of aliphatic carboxylic acids is 1.